The number of hydrogen-bond acceptors (Lipinski definition) is 4. The fourth-order valence-electron chi connectivity index (χ4n) is 1.90. The summed E-state index contributed by atoms with van der Waals surface area (Å²) < 4.78 is 4.78. The van der Waals surface area contributed by atoms with Crippen LogP contribution in [-0.4, -0.2) is 35.0 Å². The molecule has 4 heteroatoms. The number of ether oxygens (including phenoxy) is 1. The Labute approximate surface area is 122 Å². The molecule has 0 aromatic carbocycles. The number of carbonyl (C=O) groups excluding carboxylic acids is 1. The van der Waals surface area contributed by atoms with Crippen LogP contribution >= 0.6 is 0 Å². The van der Waals surface area contributed by atoms with Crippen LogP contribution in [0.3, 0.4) is 0 Å². The summed E-state index contributed by atoms with van der Waals surface area (Å²) in [5.41, 5.74) is 0. The first-order valence-electron chi connectivity index (χ1n) is 7.76. The molecule has 0 aromatic rings. The van der Waals surface area contributed by atoms with Crippen molar-refractivity contribution in [2.45, 2.75) is 77.4 Å². The van der Waals surface area contributed by atoms with E-state index in [4.69, 9.17) is 4.74 Å². The van der Waals surface area contributed by atoms with Crippen LogP contribution in [0.5, 0.6) is 0 Å². The Morgan fingerprint density at radius 3 is 2.10 bits per heavy atom. The molecule has 0 aliphatic carbocycles. The highest BCUT2D eigenvalue weighted by atomic mass is 16.5. The topological polar surface area (TPSA) is 66.8 Å². The lowest BCUT2D eigenvalue weighted by molar-refractivity contribution is -0.145. The maximum Gasteiger partial charge on any atom is 0.308 e. The maximum atomic E-state index is 11.1. The van der Waals surface area contributed by atoms with Crippen molar-refractivity contribution in [2.75, 3.05) is 6.61 Å². The van der Waals surface area contributed by atoms with E-state index in [1.165, 1.54) is 0 Å². The average Bonchev–Trinajstić information content (AvgIpc) is 2.41. The molecule has 0 bridgehead atoms. The van der Waals surface area contributed by atoms with Gasteiger partial charge in [-0.2, -0.15) is 0 Å². The predicted molar refractivity (Wildman–Crippen MR) is 80.4 cm³/mol. The maximum absolute atomic E-state index is 11.1. The van der Waals surface area contributed by atoms with Gasteiger partial charge in [-0.05, 0) is 51.9 Å². The highest BCUT2D eigenvalue weighted by molar-refractivity contribution is 5.69. The summed E-state index contributed by atoms with van der Waals surface area (Å²) in [6.45, 7) is 4.11. The molecule has 0 amide bonds. The van der Waals surface area contributed by atoms with Gasteiger partial charge in [0, 0.05) is 0 Å². The Hall–Kier alpha value is -0.870. The summed E-state index contributed by atoms with van der Waals surface area (Å²) in [6.07, 6.45) is 9.65. The van der Waals surface area contributed by atoms with E-state index in [1.807, 2.05) is 6.92 Å². The monoisotopic (exact) mass is 286 g/mol. The second kappa shape index (κ2) is 13.1. The molecule has 0 aromatic heterocycles. The van der Waals surface area contributed by atoms with E-state index < -0.39 is 6.10 Å². The zero-order valence-corrected chi connectivity index (χ0v) is 12.9. The first kappa shape index (κ1) is 19.1. The van der Waals surface area contributed by atoms with Gasteiger partial charge in [0.25, 0.3) is 0 Å². The molecule has 0 fully saturated rings. The number of allylic oxidation sites excluding steroid dienone is 2. The van der Waals surface area contributed by atoms with Crippen LogP contribution in [0.4, 0.5) is 0 Å². The first-order chi connectivity index (χ1) is 9.60. The molecule has 0 aliphatic rings. The Morgan fingerprint density at radius 1 is 1.05 bits per heavy atom. The fraction of sp³-hybridized carbons (Fsp3) is 0.812. The normalized spacial score (nSPS) is 14.4. The zero-order valence-electron chi connectivity index (χ0n) is 12.9. The standard InChI is InChI=1S/C16H30O4/c1-3-14(17)11-9-7-5-6-8-10-12-15(18)13-16(19)20-4-2/h5-6,14-15,17-18H,3-4,7-13H2,1-2H3/b6-5-. The van der Waals surface area contributed by atoms with Crippen LogP contribution in [-0.2, 0) is 9.53 Å². The molecule has 0 aliphatic heterocycles. The van der Waals surface area contributed by atoms with Gasteiger partial charge in [-0.15, -0.1) is 0 Å². The van der Waals surface area contributed by atoms with E-state index in [0.717, 1.165) is 38.5 Å². The van der Waals surface area contributed by atoms with E-state index in [2.05, 4.69) is 12.2 Å². The van der Waals surface area contributed by atoms with Gasteiger partial charge in [-0.1, -0.05) is 19.1 Å². The third-order valence-electron chi connectivity index (χ3n) is 3.16. The van der Waals surface area contributed by atoms with Crippen molar-refractivity contribution in [1.29, 1.82) is 0 Å². The van der Waals surface area contributed by atoms with E-state index in [1.54, 1.807) is 6.92 Å². The molecule has 0 spiro atoms. The molecular formula is C16H30O4. The molecule has 0 saturated carbocycles. The second-order valence-corrected chi connectivity index (χ2v) is 5.06. The molecule has 4 nitrogen and oxygen atoms in total. The lowest BCUT2D eigenvalue weighted by Gasteiger charge is -2.08. The number of aliphatic hydroxyl groups is 2. The molecule has 2 atom stereocenters. The second-order valence-electron chi connectivity index (χ2n) is 5.06. The molecule has 20 heavy (non-hydrogen) atoms. The van der Waals surface area contributed by atoms with Gasteiger partial charge in [0.05, 0.1) is 25.2 Å². The van der Waals surface area contributed by atoms with Gasteiger partial charge in [-0.3, -0.25) is 4.79 Å². The van der Waals surface area contributed by atoms with Gasteiger partial charge >= 0.3 is 5.97 Å². The van der Waals surface area contributed by atoms with Crippen molar-refractivity contribution in [3.8, 4) is 0 Å². The molecule has 2 unspecified atom stereocenters. The van der Waals surface area contributed by atoms with Gasteiger partial charge in [0.1, 0.15) is 0 Å². The minimum absolute atomic E-state index is 0.0897. The molecule has 118 valence electrons. The van der Waals surface area contributed by atoms with Crippen LogP contribution in [0.25, 0.3) is 0 Å². The van der Waals surface area contributed by atoms with Gasteiger partial charge in [-0.25, -0.2) is 0 Å². The summed E-state index contributed by atoms with van der Waals surface area (Å²) >= 11 is 0. The molecule has 0 rings (SSSR count). The first-order valence-corrected chi connectivity index (χ1v) is 7.76. The van der Waals surface area contributed by atoms with Crippen molar-refractivity contribution in [1.82, 2.24) is 0 Å². The number of unbranched alkanes of at least 4 members (excludes halogenated alkanes) is 2. The molecule has 2 N–H and O–H groups in total. The van der Waals surface area contributed by atoms with Crippen molar-refractivity contribution < 1.29 is 19.7 Å². The Morgan fingerprint density at radius 2 is 1.60 bits per heavy atom. The van der Waals surface area contributed by atoms with E-state index >= 15 is 0 Å². The molecular weight excluding hydrogens is 256 g/mol. The lowest BCUT2D eigenvalue weighted by atomic mass is 10.1. The number of rotatable bonds is 12. The minimum atomic E-state index is -0.595. The van der Waals surface area contributed by atoms with Crippen LogP contribution in [0, 0.1) is 0 Å². The van der Waals surface area contributed by atoms with Crippen molar-refractivity contribution in [2.24, 2.45) is 0 Å². The Kier molecular flexibility index (Phi) is 12.6. The number of esters is 1. The summed E-state index contributed by atoms with van der Waals surface area (Å²) in [5, 5.41) is 19.0. The van der Waals surface area contributed by atoms with Gasteiger partial charge < -0.3 is 14.9 Å². The smallest absolute Gasteiger partial charge is 0.308 e. The van der Waals surface area contributed by atoms with Gasteiger partial charge in [0.2, 0.25) is 0 Å². The van der Waals surface area contributed by atoms with E-state index in [0.29, 0.717) is 13.0 Å². The predicted octanol–water partition coefficient (Wildman–Crippen LogP) is 2.97. The summed E-state index contributed by atoms with van der Waals surface area (Å²) in [7, 11) is 0. The van der Waals surface area contributed by atoms with Crippen LogP contribution in [0.1, 0.15) is 65.2 Å². The van der Waals surface area contributed by atoms with E-state index in [-0.39, 0.29) is 18.5 Å². The Bertz CT molecular complexity index is 263. The molecule has 0 radical (unpaired) electrons. The summed E-state index contributed by atoms with van der Waals surface area (Å²) in [5.74, 6) is -0.329. The van der Waals surface area contributed by atoms with Crippen molar-refractivity contribution in [3.63, 3.8) is 0 Å². The Balaban J connectivity index is 3.44. The van der Waals surface area contributed by atoms with Crippen LogP contribution < -0.4 is 0 Å². The summed E-state index contributed by atoms with van der Waals surface area (Å²) in [4.78, 5) is 11.1. The summed E-state index contributed by atoms with van der Waals surface area (Å²) in [6, 6.07) is 0. The van der Waals surface area contributed by atoms with E-state index in [9.17, 15) is 15.0 Å². The van der Waals surface area contributed by atoms with Crippen molar-refractivity contribution in [3.05, 3.63) is 12.2 Å². The highest BCUT2D eigenvalue weighted by Gasteiger charge is 2.10. The molecule has 0 saturated heterocycles. The number of hydrogen-bond donors (Lipinski definition) is 2. The highest BCUT2D eigenvalue weighted by Crippen LogP contribution is 2.08. The van der Waals surface area contributed by atoms with Gasteiger partial charge in [0.15, 0.2) is 0 Å². The number of aliphatic hydroxyl groups excluding tert-OH is 2. The van der Waals surface area contributed by atoms with Crippen LogP contribution in [0.2, 0.25) is 0 Å². The minimum Gasteiger partial charge on any atom is -0.466 e. The van der Waals surface area contributed by atoms with Crippen LogP contribution in [0.15, 0.2) is 12.2 Å². The third-order valence-corrected chi connectivity index (χ3v) is 3.16. The SMILES string of the molecule is CCOC(=O)CC(O)CCC/C=C\CCCC(O)CC. The molecule has 0 heterocycles. The quantitative estimate of drug-likeness (QED) is 0.329. The third kappa shape index (κ3) is 12.2. The average molecular weight is 286 g/mol. The largest absolute Gasteiger partial charge is 0.466 e. The number of carbonyl (C=O) groups is 1. The van der Waals surface area contributed by atoms with Crippen molar-refractivity contribution >= 4 is 5.97 Å². The fourth-order valence-corrected chi connectivity index (χ4v) is 1.90. The lowest BCUT2D eigenvalue weighted by Crippen LogP contribution is -2.15. The zero-order chi connectivity index (χ0) is 15.2.